The van der Waals surface area contributed by atoms with Crippen LogP contribution >= 0.6 is 0 Å². The van der Waals surface area contributed by atoms with Crippen molar-refractivity contribution in [1.82, 2.24) is 4.90 Å². The van der Waals surface area contributed by atoms with Gasteiger partial charge in [0.15, 0.2) is 0 Å². The first-order chi connectivity index (χ1) is 10.4. The predicted octanol–water partition coefficient (Wildman–Crippen LogP) is 3.89. The summed E-state index contributed by atoms with van der Waals surface area (Å²) >= 11 is 0. The van der Waals surface area contributed by atoms with Crippen molar-refractivity contribution in [2.75, 3.05) is 25.0 Å². The second-order valence-corrected chi connectivity index (χ2v) is 5.21. The molecule has 1 unspecified atom stereocenters. The molecule has 0 radical (unpaired) electrons. The summed E-state index contributed by atoms with van der Waals surface area (Å²) in [6.07, 6.45) is -3.81. The molecule has 0 saturated carbocycles. The van der Waals surface area contributed by atoms with E-state index in [2.05, 4.69) is 5.32 Å². The molecule has 1 saturated heterocycles. The van der Waals surface area contributed by atoms with E-state index in [1.165, 1.54) is 4.90 Å². The smallest absolute Gasteiger partial charge is 0.393 e. The number of piperidine rings is 1. The lowest BCUT2D eigenvalue weighted by atomic mass is 9.98. The van der Waals surface area contributed by atoms with Crippen molar-refractivity contribution in [2.45, 2.75) is 25.9 Å². The number of ether oxygens (including phenoxy) is 1. The number of carbonyl (C=O) groups excluding carboxylic acids is 1. The van der Waals surface area contributed by atoms with Crippen LogP contribution in [0.2, 0.25) is 0 Å². The van der Waals surface area contributed by atoms with Gasteiger partial charge in [0.2, 0.25) is 0 Å². The summed E-state index contributed by atoms with van der Waals surface area (Å²) in [5.41, 5.74) is 0.530. The molecule has 2 rings (SSSR count). The lowest BCUT2D eigenvalue weighted by molar-refractivity contribution is -0.183. The van der Waals surface area contributed by atoms with Gasteiger partial charge in [-0.15, -0.1) is 0 Å². The van der Waals surface area contributed by atoms with Crippen molar-refractivity contribution in [3.8, 4) is 5.75 Å². The van der Waals surface area contributed by atoms with Crippen LogP contribution in [-0.4, -0.2) is 36.8 Å². The molecule has 1 aliphatic rings. The molecule has 0 aliphatic carbocycles. The number of nitrogens with one attached hydrogen (secondary N) is 1. The van der Waals surface area contributed by atoms with Gasteiger partial charge in [-0.1, -0.05) is 0 Å². The highest BCUT2D eigenvalue weighted by molar-refractivity contribution is 5.89. The van der Waals surface area contributed by atoms with Crippen LogP contribution in [0.1, 0.15) is 19.8 Å². The molecule has 0 bridgehead atoms. The Morgan fingerprint density at radius 3 is 2.64 bits per heavy atom. The number of urea groups is 1. The molecule has 4 nitrogen and oxygen atoms in total. The molecule has 2 amide bonds. The number of amides is 2. The van der Waals surface area contributed by atoms with E-state index in [4.69, 9.17) is 4.74 Å². The highest BCUT2D eigenvalue weighted by Gasteiger charge is 2.42. The van der Waals surface area contributed by atoms with Crippen LogP contribution in [0.3, 0.4) is 0 Å². The summed E-state index contributed by atoms with van der Waals surface area (Å²) in [5.74, 6) is -0.761. The number of likely N-dealkylation sites (tertiary alicyclic amines) is 1. The van der Waals surface area contributed by atoms with Crippen LogP contribution in [0.15, 0.2) is 24.3 Å². The molecule has 1 aromatic rings. The maximum atomic E-state index is 12.7. The highest BCUT2D eigenvalue weighted by Crippen LogP contribution is 2.33. The topological polar surface area (TPSA) is 41.6 Å². The van der Waals surface area contributed by atoms with E-state index in [0.717, 1.165) is 0 Å². The third-order valence-electron chi connectivity index (χ3n) is 3.59. The van der Waals surface area contributed by atoms with Crippen molar-refractivity contribution in [3.05, 3.63) is 24.3 Å². The van der Waals surface area contributed by atoms with E-state index >= 15 is 0 Å². The van der Waals surface area contributed by atoms with Gasteiger partial charge in [-0.3, -0.25) is 0 Å². The van der Waals surface area contributed by atoms with Crippen LogP contribution in [0.25, 0.3) is 0 Å². The summed E-state index contributed by atoms with van der Waals surface area (Å²) in [6, 6.07) is 6.22. The van der Waals surface area contributed by atoms with Crippen LogP contribution in [0.4, 0.5) is 23.7 Å². The van der Waals surface area contributed by atoms with Gasteiger partial charge in [0, 0.05) is 18.8 Å². The molecule has 1 heterocycles. The molecule has 1 aromatic carbocycles. The van der Waals surface area contributed by atoms with E-state index in [1.54, 1.807) is 24.3 Å². The van der Waals surface area contributed by atoms with Gasteiger partial charge < -0.3 is 15.0 Å². The number of hydrogen-bond donors (Lipinski definition) is 1. The number of anilines is 1. The van der Waals surface area contributed by atoms with E-state index in [1.807, 2.05) is 6.92 Å². The molecule has 1 aliphatic heterocycles. The SMILES string of the molecule is CCOc1ccc(NC(=O)N2CCCC(C(F)(F)F)C2)cc1. The minimum absolute atomic E-state index is 0.0797. The van der Waals surface area contributed by atoms with Crippen molar-refractivity contribution < 1.29 is 22.7 Å². The van der Waals surface area contributed by atoms with E-state index in [-0.39, 0.29) is 13.0 Å². The molecular weight excluding hydrogens is 297 g/mol. The first kappa shape index (κ1) is 16.5. The van der Waals surface area contributed by atoms with Gasteiger partial charge in [-0.05, 0) is 44.0 Å². The van der Waals surface area contributed by atoms with Crippen LogP contribution in [-0.2, 0) is 0 Å². The van der Waals surface area contributed by atoms with Gasteiger partial charge in [-0.25, -0.2) is 4.79 Å². The van der Waals surface area contributed by atoms with E-state index < -0.39 is 18.1 Å². The zero-order chi connectivity index (χ0) is 16.2. The molecule has 122 valence electrons. The summed E-state index contributed by atoms with van der Waals surface area (Å²) in [7, 11) is 0. The number of alkyl halides is 3. The van der Waals surface area contributed by atoms with Gasteiger partial charge in [-0.2, -0.15) is 13.2 Å². The largest absolute Gasteiger partial charge is 0.494 e. The summed E-state index contributed by atoms with van der Waals surface area (Å²) in [4.78, 5) is 13.3. The fourth-order valence-corrected chi connectivity index (χ4v) is 2.43. The van der Waals surface area contributed by atoms with E-state index in [0.29, 0.717) is 31.0 Å². The van der Waals surface area contributed by atoms with Crippen LogP contribution in [0.5, 0.6) is 5.75 Å². The normalized spacial score (nSPS) is 18.9. The molecule has 1 N–H and O–H groups in total. The fraction of sp³-hybridized carbons (Fsp3) is 0.533. The minimum Gasteiger partial charge on any atom is -0.494 e. The maximum absolute atomic E-state index is 12.7. The van der Waals surface area contributed by atoms with Gasteiger partial charge in [0.25, 0.3) is 0 Å². The zero-order valence-electron chi connectivity index (χ0n) is 12.3. The first-order valence-electron chi connectivity index (χ1n) is 7.25. The monoisotopic (exact) mass is 316 g/mol. The average molecular weight is 316 g/mol. The Balaban J connectivity index is 1.93. The number of nitrogens with zero attached hydrogens (tertiary/aromatic N) is 1. The molecule has 0 spiro atoms. The van der Waals surface area contributed by atoms with Crippen molar-refractivity contribution >= 4 is 11.7 Å². The average Bonchev–Trinajstić information content (AvgIpc) is 2.49. The van der Waals surface area contributed by atoms with Crippen LogP contribution < -0.4 is 10.1 Å². The zero-order valence-corrected chi connectivity index (χ0v) is 12.3. The third kappa shape index (κ3) is 4.29. The van der Waals surface area contributed by atoms with Crippen molar-refractivity contribution in [3.63, 3.8) is 0 Å². The minimum atomic E-state index is -4.25. The Bertz CT molecular complexity index is 503. The number of hydrogen-bond acceptors (Lipinski definition) is 2. The Labute approximate surface area is 127 Å². The van der Waals surface area contributed by atoms with Gasteiger partial charge >= 0.3 is 12.2 Å². The second-order valence-electron chi connectivity index (χ2n) is 5.21. The van der Waals surface area contributed by atoms with Crippen molar-refractivity contribution in [2.24, 2.45) is 5.92 Å². The molecule has 7 heteroatoms. The summed E-state index contributed by atoms with van der Waals surface area (Å²) in [5, 5.41) is 2.62. The number of rotatable bonds is 3. The third-order valence-corrected chi connectivity index (χ3v) is 3.59. The Kier molecular flexibility index (Phi) is 5.15. The lowest BCUT2D eigenvalue weighted by Gasteiger charge is -2.33. The Hall–Kier alpha value is -1.92. The molecule has 1 fully saturated rings. The maximum Gasteiger partial charge on any atom is 0.393 e. The molecule has 22 heavy (non-hydrogen) atoms. The quantitative estimate of drug-likeness (QED) is 0.919. The fourth-order valence-electron chi connectivity index (χ4n) is 2.43. The van der Waals surface area contributed by atoms with Crippen LogP contribution in [0, 0.1) is 5.92 Å². The van der Waals surface area contributed by atoms with Gasteiger partial charge in [0.05, 0.1) is 12.5 Å². The van der Waals surface area contributed by atoms with Crippen molar-refractivity contribution in [1.29, 1.82) is 0 Å². The Morgan fingerprint density at radius 1 is 1.36 bits per heavy atom. The number of benzene rings is 1. The second kappa shape index (κ2) is 6.89. The molecule has 1 atom stereocenters. The van der Waals surface area contributed by atoms with Gasteiger partial charge in [0.1, 0.15) is 5.75 Å². The standard InChI is InChI=1S/C15H19F3N2O2/c1-2-22-13-7-5-12(6-8-13)19-14(21)20-9-3-4-11(10-20)15(16,17)18/h5-8,11H,2-4,9-10H2,1H3,(H,19,21). The number of carbonyl (C=O) groups is 1. The number of halogens is 3. The molecular formula is C15H19F3N2O2. The molecule has 0 aromatic heterocycles. The first-order valence-corrected chi connectivity index (χ1v) is 7.25. The predicted molar refractivity (Wildman–Crippen MR) is 77.0 cm³/mol. The summed E-state index contributed by atoms with van der Waals surface area (Å²) in [6.45, 7) is 2.46. The highest BCUT2D eigenvalue weighted by atomic mass is 19.4. The Morgan fingerprint density at radius 2 is 2.05 bits per heavy atom. The lowest BCUT2D eigenvalue weighted by Crippen LogP contribution is -2.46. The van der Waals surface area contributed by atoms with E-state index in [9.17, 15) is 18.0 Å². The summed E-state index contributed by atoms with van der Waals surface area (Å²) < 4.78 is 43.5.